The molecule has 10 heteroatoms. The van der Waals surface area contributed by atoms with Crippen LogP contribution in [0.4, 0.5) is 10.2 Å². The third-order valence-corrected chi connectivity index (χ3v) is 9.15. The Morgan fingerprint density at radius 1 is 1.13 bits per heavy atom. The number of aliphatic carboxylic acids is 1. The van der Waals surface area contributed by atoms with Gasteiger partial charge in [0.25, 0.3) is 0 Å². The predicted octanol–water partition coefficient (Wildman–Crippen LogP) is 7.70. The molecular formula is C37H45FN4O5. The van der Waals surface area contributed by atoms with Crippen molar-refractivity contribution in [3.63, 3.8) is 0 Å². The van der Waals surface area contributed by atoms with Gasteiger partial charge in [-0.1, -0.05) is 18.2 Å². The van der Waals surface area contributed by atoms with Gasteiger partial charge in [-0.3, -0.25) is 0 Å². The first-order valence-electron chi connectivity index (χ1n) is 16.5. The van der Waals surface area contributed by atoms with E-state index in [4.69, 9.17) is 24.3 Å². The summed E-state index contributed by atoms with van der Waals surface area (Å²) in [5, 5.41) is 15.5. The van der Waals surface area contributed by atoms with E-state index < -0.39 is 17.7 Å². The standard InChI is InChI=1S/C37H45FN4O5/c1-22-18-30-27(20-28(22)38)25-11-8-12-26(19-25)29-21-31-39-24(3)32(33(35(43)44)47-36(4,5)6)34(42(31)40-29)41-15-13-37(7,14-16-41)45-17-9-10-23(2)46-30/h8,11-12,18-21,23,33H,9-10,13-17H2,1-7H3,(H,43,44)/t23-,33-/m0/s1. The molecule has 3 aliphatic heterocycles. The first-order chi connectivity index (χ1) is 22.2. The maximum Gasteiger partial charge on any atom is 0.337 e. The topological polar surface area (TPSA) is 98.4 Å². The first kappa shape index (κ1) is 32.9. The molecule has 0 radical (unpaired) electrons. The van der Waals surface area contributed by atoms with Gasteiger partial charge in [-0.05, 0) is 103 Å². The van der Waals surface area contributed by atoms with Crippen LogP contribution in [0.5, 0.6) is 5.75 Å². The van der Waals surface area contributed by atoms with Crippen molar-refractivity contribution in [3.05, 3.63) is 65.1 Å². The molecule has 0 saturated carbocycles. The number of hydrogen-bond acceptors (Lipinski definition) is 7. The van der Waals surface area contributed by atoms with E-state index in [2.05, 4.69) is 11.8 Å². The second-order valence-corrected chi connectivity index (χ2v) is 14.2. The van der Waals surface area contributed by atoms with E-state index in [0.29, 0.717) is 65.0 Å². The third-order valence-electron chi connectivity index (χ3n) is 9.15. The zero-order valence-electron chi connectivity index (χ0n) is 28.4. The van der Waals surface area contributed by atoms with Crippen LogP contribution in [0.25, 0.3) is 28.0 Å². The summed E-state index contributed by atoms with van der Waals surface area (Å²) in [7, 11) is 0. The Balaban J connectivity index is 1.56. The van der Waals surface area contributed by atoms with Crippen LogP contribution in [0.2, 0.25) is 0 Å². The van der Waals surface area contributed by atoms with E-state index in [-0.39, 0.29) is 17.5 Å². The lowest BCUT2D eigenvalue weighted by Gasteiger charge is -2.41. The fourth-order valence-electron chi connectivity index (χ4n) is 6.58. The molecule has 5 heterocycles. The summed E-state index contributed by atoms with van der Waals surface area (Å²) < 4.78 is 35.8. The maximum atomic E-state index is 15.0. The summed E-state index contributed by atoms with van der Waals surface area (Å²) >= 11 is 0. The van der Waals surface area contributed by atoms with Gasteiger partial charge < -0.3 is 24.2 Å². The smallest absolute Gasteiger partial charge is 0.337 e. The molecule has 0 amide bonds. The zero-order valence-corrected chi connectivity index (χ0v) is 28.4. The van der Waals surface area contributed by atoms with Crippen molar-refractivity contribution in [2.45, 2.75) is 97.6 Å². The zero-order chi connectivity index (χ0) is 33.7. The molecule has 1 saturated heterocycles. The fraction of sp³-hybridized carbons (Fsp3) is 0.486. The Morgan fingerprint density at radius 3 is 2.55 bits per heavy atom. The molecule has 9 nitrogen and oxygen atoms in total. The molecule has 250 valence electrons. The summed E-state index contributed by atoms with van der Waals surface area (Å²) in [6, 6.07) is 13.0. The van der Waals surface area contributed by atoms with Gasteiger partial charge in [0.2, 0.25) is 0 Å². The molecule has 47 heavy (non-hydrogen) atoms. The molecule has 2 aromatic heterocycles. The van der Waals surface area contributed by atoms with E-state index in [9.17, 15) is 14.3 Å². The molecule has 2 aromatic carbocycles. The quantitative estimate of drug-likeness (QED) is 0.242. The molecule has 0 unspecified atom stereocenters. The molecular weight excluding hydrogens is 599 g/mol. The maximum absolute atomic E-state index is 15.0. The Labute approximate surface area is 275 Å². The number of ether oxygens (including phenoxy) is 3. The second kappa shape index (κ2) is 12.5. The van der Waals surface area contributed by atoms with Crippen molar-refractivity contribution in [3.8, 4) is 28.1 Å². The Hall–Kier alpha value is -4.02. The van der Waals surface area contributed by atoms with Gasteiger partial charge >= 0.3 is 5.97 Å². The van der Waals surface area contributed by atoms with E-state index in [1.54, 1.807) is 17.5 Å². The fourth-order valence-corrected chi connectivity index (χ4v) is 6.58. The van der Waals surface area contributed by atoms with Crippen molar-refractivity contribution in [1.29, 1.82) is 0 Å². The Morgan fingerprint density at radius 2 is 1.85 bits per heavy atom. The number of rotatable bonds is 3. The number of carbonyl (C=O) groups is 1. The van der Waals surface area contributed by atoms with Gasteiger partial charge in [-0.25, -0.2) is 14.2 Å². The van der Waals surface area contributed by atoms with Gasteiger partial charge in [0.1, 0.15) is 17.4 Å². The van der Waals surface area contributed by atoms with Crippen molar-refractivity contribution >= 4 is 17.4 Å². The van der Waals surface area contributed by atoms with Crippen LogP contribution >= 0.6 is 0 Å². The number of aromatic nitrogens is 3. The minimum atomic E-state index is -1.25. The van der Waals surface area contributed by atoms with E-state index in [1.807, 2.05) is 65.0 Å². The van der Waals surface area contributed by atoms with Crippen molar-refractivity contribution in [2.24, 2.45) is 0 Å². The van der Waals surface area contributed by atoms with Gasteiger partial charge in [0.15, 0.2) is 11.8 Å². The summed E-state index contributed by atoms with van der Waals surface area (Å²) in [5.74, 6) is -0.0935. The number of anilines is 1. The Kier molecular flexibility index (Phi) is 8.78. The van der Waals surface area contributed by atoms with Crippen molar-refractivity contribution < 1.29 is 28.5 Å². The second-order valence-electron chi connectivity index (χ2n) is 14.2. The summed E-state index contributed by atoms with van der Waals surface area (Å²) in [6.07, 6.45) is 1.78. The van der Waals surface area contributed by atoms with Gasteiger partial charge in [0.05, 0.1) is 28.6 Å². The summed E-state index contributed by atoms with van der Waals surface area (Å²) in [5.41, 5.74) is 4.08. The molecule has 7 rings (SSSR count). The predicted molar refractivity (Wildman–Crippen MR) is 180 cm³/mol. The highest BCUT2D eigenvalue weighted by molar-refractivity contribution is 5.80. The SMILES string of the molecule is Cc1cc2c(cc1F)-c1cccc(c1)-c1cc3nc(C)c([C@H](OC(C)(C)C)C(=O)O)c(n3n1)N1CCC(C)(CC1)OCCC[C@H](C)O2. The molecule has 0 aliphatic carbocycles. The number of fused-ring (bicyclic) bond motifs is 7. The Bertz CT molecular complexity index is 1800. The number of carboxylic acid groups (broad SMARTS) is 1. The number of hydrogen-bond donors (Lipinski definition) is 1. The van der Waals surface area contributed by atoms with Crippen LogP contribution in [0, 0.1) is 19.7 Å². The molecule has 1 fully saturated rings. The van der Waals surface area contributed by atoms with Gasteiger partial charge in [-0.15, -0.1) is 0 Å². The number of halogens is 1. The lowest BCUT2D eigenvalue weighted by molar-refractivity contribution is -0.160. The highest BCUT2D eigenvalue weighted by atomic mass is 19.1. The van der Waals surface area contributed by atoms with Crippen LogP contribution in [0.3, 0.4) is 0 Å². The monoisotopic (exact) mass is 644 g/mol. The number of aryl methyl sites for hydroxylation is 2. The average Bonchev–Trinajstić information content (AvgIpc) is 3.43. The normalized spacial score (nSPS) is 21.1. The number of carboxylic acids is 1. The van der Waals surface area contributed by atoms with Gasteiger partial charge in [-0.2, -0.15) is 9.61 Å². The van der Waals surface area contributed by atoms with E-state index >= 15 is 0 Å². The molecule has 0 spiro atoms. The highest BCUT2D eigenvalue weighted by Crippen LogP contribution is 2.40. The summed E-state index contributed by atoms with van der Waals surface area (Å²) in [6.45, 7) is 15.2. The summed E-state index contributed by atoms with van der Waals surface area (Å²) in [4.78, 5) is 19.9. The number of piperidine rings is 1. The lowest BCUT2D eigenvalue weighted by Crippen LogP contribution is -2.46. The lowest BCUT2D eigenvalue weighted by atomic mass is 9.92. The van der Waals surface area contributed by atoms with Crippen LogP contribution in [-0.2, 0) is 14.3 Å². The highest BCUT2D eigenvalue weighted by Gasteiger charge is 2.38. The molecule has 6 bridgehead atoms. The van der Waals surface area contributed by atoms with Crippen LogP contribution in [0.15, 0.2) is 42.5 Å². The number of nitrogens with zero attached hydrogens (tertiary/aromatic N) is 4. The molecule has 1 N–H and O–H groups in total. The van der Waals surface area contributed by atoms with Crippen molar-refractivity contribution in [2.75, 3.05) is 24.6 Å². The van der Waals surface area contributed by atoms with Gasteiger partial charge in [0, 0.05) is 42.6 Å². The largest absolute Gasteiger partial charge is 0.490 e. The minimum absolute atomic E-state index is 0.0945. The van der Waals surface area contributed by atoms with E-state index in [0.717, 1.165) is 36.8 Å². The van der Waals surface area contributed by atoms with Crippen LogP contribution in [-0.4, -0.2) is 62.7 Å². The van der Waals surface area contributed by atoms with Crippen molar-refractivity contribution in [1.82, 2.24) is 14.6 Å². The van der Waals surface area contributed by atoms with Crippen LogP contribution in [0.1, 0.15) is 83.2 Å². The van der Waals surface area contributed by atoms with E-state index in [1.165, 1.54) is 6.07 Å². The first-order valence-corrected chi connectivity index (χ1v) is 16.5. The average molecular weight is 645 g/mol. The number of benzene rings is 2. The molecule has 4 aromatic rings. The minimum Gasteiger partial charge on any atom is -0.490 e. The third kappa shape index (κ3) is 6.85. The van der Waals surface area contributed by atoms with Crippen LogP contribution < -0.4 is 9.64 Å². The molecule has 2 atom stereocenters. The molecule has 3 aliphatic rings.